The number of benzene rings is 2. The second-order valence-corrected chi connectivity index (χ2v) is 11.8. The quantitative estimate of drug-likeness (QED) is 0.0182. The van der Waals surface area contributed by atoms with Crippen LogP contribution >= 0.6 is 0 Å². The van der Waals surface area contributed by atoms with Crippen molar-refractivity contribution in [3.8, 4) is 11.5 Å². The van der Waals surface area contributed by atoms with Gasteiger partial charge in [-0.1, -0.05) is 57.6 Å². The molecular weight excluding hydrogens is 711 g/mol. The maximum atomic E-state index is 13.6. The number of carbonyl (C=O) groups is 1. The van der Waals surface area contributed by atoms with Gasteiger partial charge in [-0.15, -0.1) is 0 Å². The van der Waals surface area contributed by atoms with Gasteiger partial charge in [0.25, 0.3) is 0 Å². The molecule has 0 heterocycles. The largest absolute Gasteiger partial charge is 0.491 e. The van der Waals surface area contributed by atoms with Gasteiger partial charge in [0.05, 0.1) is 98.9 Å². The summed E-state index contributed by atoms with van der Waals surface area (Å²) in [6, 6.07) is 8.33. The summed E-state index contributed by atoms with van der Waals surface area (Å²) in [4.78, 5) is 11.7. The first-order valence-corrected chi connectivity index (χ1v) is 18.3. The van der Waals surface area contributed by atoms with Gasteiger partial charge in [0.2, 0.25) is 34.8 Å². The third-order valence-electron chi connectivity index (χ3n) is 7.56. The molecule has 0 radical (unpaired) electrons. The molecule has 302 valence electrons. The molecule has 0 atom stereocenters. The molecule has 0 unspecified atom stereocenters. The topological polar surface area (TPSA) is 100 Å². The third kappa shape index (κ3) is 21.5. The Morgan fingerprint density at radius 3 is 1.30 bits per heavy atom. The van der Waals surface area contributed by atoms with E-state index in [0.717, 1.165) is 12.2 Å². The molecule has 2 rings (SSSR count). The Bertz CT molecular complexity index is 1210. The Balaban J connectivity index is 1.27. The fourth-order valence-electron chi connectivity index (χ4n) is 4.67. The Morgan fingerprint density at radius 2 is 0.849 bits per heavy atom. The molecule has 0 spiro atoms. The smallest absolute Gasteiger partial charge is 0.313 e. The van der Waals surface area contributed by atoms with Crippen LogP contribution in [0.1, 0.15) is 63.9 Å². The van der Waals surface area contributed by atoms with Crippen LogP contribution in [0.4, 0.5) is 22.0 Å². The first-order chi connectivity index (χ1) is 25.8. The normalized spacial score (nSPS) is 11.4. The standard InChI is InChI=1S/C38H55F5O10/c1-2-3-4-5-6-7-8-9-30-10-12-31(13-11-30)52-29-28-51-27-26-50-25-24-49-23-22-48-21-20-47-19-18-46-17-16-45-15-14-32(44)53-38-36(42)34(40)33(39)35(41)37(38)43/h10-13H,2-9,14-29H2,1H3. The SMILES string of the molecule is CCCCCCCCCc1ccc(OCCOCCOCCOCCOCCOCCOCCOCCC(=O)Oc2c(F)c(F)c(F)c(F)c2F)cc1. The molecule has 53 heavy (non-hydrogen) atoms. The molecule has 15 heteroatoms. The number of ether oxygens (including phenoxy) is 9. The maximum Gasteiger partial charge on any atom is 0.313 e. The van der Waals surface area contributed by atoms with E-state index in [9.17, 15) is 26.7 Å². The van der Waals surface area contributed by atoms with E-state index in [1.807, 2.05) is 12.1 Å². The van der Waals surface area contributed by atoms with Crippen LogP contribution in [0.15, 0.2) is 24.3 Å². The highest BCUT2D eigenvalue weighted by atomic mass is 19.2. The minimum absolute atomic E-state index is 0.0858. The van der Waals surface area contributed by atoms with Crippen LogP contribution in [0.3, 0.4) is 0 Å². The molecule has 0 aliphatic rings. The van der Waals surface area contributed by atoms with E-state index in [-0.39, 0.29) is 26.4 Å². The molecule has 0 aliphatic heterocycles. The zero-order chi connectivity index (χ0) is 38.4. The highest BCUT2D eigenvalue weighted by molar-refractivity contribution is 5.72. The summed E-state index contributed by atoms with van der Waals surface area (Å²) in [5.74, 6) is -13.3. The highest BCUT2D eigenvalue weighted by Crippen LogP contribution is 2.29. The predicted molar refractivity (Wildman–Crippen MR) is 186 cm³/mol. The van der Waals surface area contributed by atoms with Crippen LogP contribution in [0.2, 0.25) is 0 Å². The van der Waals surface area contributed by atoms with E-state index in [1.165, 1.54) is 50.5 Å². The lowest BCUT2D eigenvalue weighted by Gasteiger charge is -2.09. The van der Waals surface area contributed by atoms with Gasteiger partial charge in [-0.3, -0.25) is 4.79 Å². The molecule has 10 nitrogen and oxygen atoms in total. The summed E-state index contributed by atoms with van der Waals surface area (Å²) < 4.78 is 114. The first kappa shape index (κ1) is 46.2. The monoisotopic (exact) mass is 766 g/mol. The molecule has 0 bridgehead atoms. The summed E-state index contributed by atoms with van der Waals surface area (Å²) >= 11 is 0. The van der Waals surface area contributed by atoms with Crippen LogP contribution < -0.4 is 9.47 Å². The minimum atomic E-state index is -2.34. The number of carbonyl (C=O) groups excluding carboxylic acids is 1. The number of hydrogen-bond donors (Lipinski definition) is 0. The number of esters is 1. The maximum absolute atomic E-state index is 13.6. The zero-order valence-corrected chi connectivity index (χ0v) is 30.8. The Labute approximate surface area is 309 Å². The van der Waals surface area contributed by atoms with Crippen LogP contribution in [0.25, 0.3) is 0 Å². The summed E-state index contributed by atoms with van der Waals surface area (Å²) in [6.45, 7) is 7.29. The van der Waals surface area contributed by atoms with Gasteiger partial charge in [-0.25, -0.2) is 13.2 Å². The lowest BCUT2D eigenvalue weighted by Crippen LogP contribution is -2.16. The second kappa shape index (κ2) is 30.4. The van der Waals surface area contributed by atoms with Crippen molar-refractivity contribution in [2.75, 3.05) is 99.1 Å². The van der Waals surface area contributed by atoms with Crippen LogP contribution in [-0.2, 0) is 44.4 Å². The molecule has 0 amide bonds. The molecule has 0 saturated heterocycles. The minimum Gasteiger partial charge on any atom is -0.491 e. The van der Waals surface area contributed by atoms with Crippen LogP contribution in [-0.4, -0.2) is 105 Å². The van der Waals surface area contributed by atoms with Crippen LogP contribution in [0.5, 0.6) is 11.5 Å². The molecule has 0 aliphatic carbocycles. The van der Waals surface area contributed by atoms with E-state index in [0.29, 0.717) is 72.7 Å². The van der Waals surface area contributed by atoms with Gasteiger partial charge in [0.1, 0.15) is 12.4 Å². The van der Waals surface area contributed by atoms with Crippen molar-refractivity contribution in [2.24, 2.45) is 0 Å². The molecule has 0 aromatic heterocycles. The number of halogens is 5. The molecule has 0 fully saturated rings. The molecule has 0 N–H and O–H groups in total. The van der Waals surface area contributed by atoms with Crippen molar-refractivity contribution in [3.63, 3.8) is 0 Å². The third-order valence-corrected chi connectivity index (χ3v) is 7.56. The van der Waals surface area contributed by atoms with E-state index in [1.54, 1.807) is 0 Å². The Kier molecular flexibility index (Phi) is 26.5. The summed E-state index contributed by atoms with van der Waals surface area (Å²) in [6.07, 6.45) is 9.85. The molecule has 0 saturated carbocycles. The first-order valence-electron chi connectivity index (χ1n) is 18.3. The van der Waals surface area contributed by atoms with Crippen molar-refractivity contribution in [1.29, 1.82) is 0 Å². The van der Waals surface area contributed by atoms with Crippen molar-refractivity contribution in [2.45, 2.75) is 64.7 Å². The van der Waals surface area contributed by atoms with E-state index >= 15 is 0 Å². The number of rotatable bonds is 34. The van der Waals surface area contributed by atoms with Crippen LogP contribution in [0, 0.1) is 29.1 Å². The molecular formula is C38H55F5O10. The summed E-state index contributed by atoms with van der Waals surface area (Å²) in [5, 5.41) is 0. The van der Waals surface area contributed by atoms with E-state index in [2.05, 4.69) is 23.8 Å². The predicted octanol–water partition coefficient (Wildman–Crippen LogP) is 7.17. The number of hydrogen-bond acceptors (Lipinski definition) is 10. The average molecular weight is 767 g/mol. The summed E-state index contributed by atoms with van der Waals surface area (Å²) in [5.41, 5.74) is 1.35. The van der Waals surface area contributed by atoms with Gasteiger partial charge < -0.3 is 42.6 Å². The summed E-state index contributed by atoms with van der Waals surface area (Å²) in [7, 11) is 0. The molecule has 2 aromatic rings. The van der Waals surface area contributed by atoms with Gasteiger partial charge in [-0.2, -0.15) is 8.78 Å². The lowest BCUT2D eigenvalue weighted by atomic mass is 10.0. The van der Waals surface area contributed by atoms with Crippen molar-refractivity contribution < 1.29 is 69.4 Å². The van der Waals surface area contributed by atoms with Gasteiger partial charge >= 0.3 is 5.97 Å². The second-order valence-electron chi connectivity index (χ2n) is 11.8. The fraction of sp³-hybridized carbons (Fsp3) is 0.658. The zero-order valence-electron chi connectivity index (χ0n) is 30.8. The molecule has 2 aromatic carbocycles. The van der Waals surface area contributed by atoms with Gasteiger partial charge in [0.15, 0.2) is 0 Å². The number of aryl methyl sites for hydroxylation is 1. The lowest BCUT2D eigenvalue weighted by molar-refractivity contribution is -0.136. The Hall–Kier alpha value is -2.92. The highest BCUT2D eigenvalue weighted by Gasteiger charge is 2.28. The van der Waals surface area contributed by atoms with Crippen molar-refractivity contribution in [3.05, 3.63) is 58.9 Å². The average Bonchev–Trinajstić information content (AvgIpc) is 3.16. The van der Waals surface area contributed by atoms with Crippen molar-refractivity contribution >= 4 is 5.97 Å². The van der Waals surface area contributed by atoms with Gasteiger partial charge in [-0.05, 0) is 30.5 Å². The van der Waals surface area contributed by atoms with Gasteiger partial charge in [0, 0.05) is 0 Å². The van der Waals surface area contributed by atoms with Crippen molar-refractivity contribution in [1.82, 2.24) is 0 Å². The van der Waals surface area contributed by atoms with E-state index in [4.69, 9.17) is 37.9 Å². The number of unbranched alkanes of at least 4 members (excludes halogenated alkanes) is 6. The van der Waals surface area contributed by atoms with E-state index < -0.39 is 47.2 Å². The Morgan fingerprint density at radius 1 is 0.472 bits per heavy atom. The fourth-order valence-corrected chi connectivity index (χ4v) is 4.67.